The lowest BCUT2D eigenvalue weighted by atomic mass is 10.5. The molecule has 4 heteroatoms. The van der Waals surface area contributed by atoms with Crippen molar-refractivity contribution in [2.75, 3.05) is 12.0 Å². The monoisotopic (exact) mass is 152 g/mol. The first-order valence-corrected chi connectivity index (χ1v) is 4.87. The van der Waals surface area contributed by atoms with Crippen molar-refractivity contribution < 1.29 is 9.90 Å². The third kappa shape index (κ3) is 6.04. The highest BCUT2D eigenvalue weighted by Gasteiger charge is 1.94. The van der Waals surface area contributed by atoms with Crippen molar-refractivity contribution in [3.63, 3.8) is 0 Å². The van der Waals surface area contributed by atoms with Gasteiger partial charge in [-0.25, -0.2) is 0 Å². The molecule has 0 radical (unpaired) electrons. The van der Waals surface area contributed by atoms with Gasteiger partial charge in [0.05, 0.1) is 6.42 Å². The average molecular weight is 152 g/mol. The van der Waals surface area contributed by atoms with Gasteiger partial charge < -0.3 is 5.11 Å². The third-order valence-corrected chi connectivity index (χ3v) is 1.88. The fourth-order valence-electron chi connectivity index (χ4n) is 0.231. The van der Waals surface area contributed by atoms with Gasteiger partial charge in [-0.3, -0.25) is 4.79 Å². The van der Waals surface area contributed by atoms with E-state index in [9.17, 15) is 4.79 Å². The van der Waals surface area contributed by atoms with Crippen LogP contribution in [-0.2, 0) is 25.4 Å². The van der Waals surface area contributed by atoms with Gasteiger partial charge >= 0.3 is 5.97 Å². The number of carboxylic acids is 1. The van der Waals surface area contributed by atoms with Crippen LogP contribution in [0.15, 0.2) is 0 Å². The van der Waals surface area contributed by atoms with Gasteiger partial charge in [0.1, 0.15) is 0 Å². The van der Waals surface area contributed by atoms with Crippen LogP contribution in [0.3, 0.4) is 0 Å². The fourth-order valence-corrected chi connectivity index (χ4v) is 0.943. The van der Waals surface area contributed by atoms with Crippen LogP contribution in [0, 0.1) is 0 Å². The van der Waals surface area contributed by atoms with Gasteiger partial charge in [0.25, 0.3) is 0 Å². The van der Waals surface area contributed by atoms with E-state index >= 15 is 0 Å². The van der Waals surface area contributed by atoms with Gasteiger partial charge in [0, 0.05) is 5.75 Å². The average Bonchev–Trinajstić information content (AvgIpc) is 1.61. The molecule has 2 nitrogen and oxygen atoms in total. The minimum Gasteiger partial charge on any atom is -0.481 e. The Hall–Kier alpha value is 0.0400. The van der Waals surface area contributed by atoms with Gasteiger partial charge in [-0.1, -0.05) is 11.2 Å². The van der Waals surface area contributed by atoms with Crippen LogP contribution in [0.4, 0.5) is 0 Å². The molecule has 0 saturated heterocycles. The number of aliphatic carboxylic acids is 1. The molecule has 0 aromatic rings. The minimum absolute atomic E-state index is 0.134. The Morgan fingerprint density at radius 3 is 2.50 bits per heavy atom. The molecule has 0 aliphatic heterocycles. The zero-order valence-corrected chi connectivity index (χ0v) is 6.22. The van der Waals surface area contributed by atoms with E-state index in [-0.39, 0.29) is 15.9 Å². The molecule has 0 rings (SSSR count). The van der Waals surface area contributed by atoms with Crippen molar-refractivity contribution in [1.82, 2.24) is 0 Å². The van der Waals surface area contributed by atoms with E-state index < -0.39 is 5.97 Å². The first-order chi connectivity index (χ1) is 3.63. The van der Waals surface area contributed by atoms with E-state index in [4.69, 9.17) is 16.3 Å². The number of hydrogen-bond donors (Lipinski definition) is 1. The van der Waals surface area contributed by atoms with Crippen LogP contribution in [0.5, 0.6) is 0 Å². The summed E-state index contributed by atoms with van der Waals surface area (Å²) in [6.45, 7) is 0. The van der Waals surface area contributed by atoms with E-state index in [2.05, 4.69) is 0 Å². The van der Waals surface area contributed by atoms with Crippen LogP contribution in [-0.4, -0.2) is 23.1 Å². The van der Waals surface area contributed by atoms with Gasteiger partial charge in [-0.15, -0.1) is 9.45 Å². The quantitative estimate of drug-likeness (QED) is 0.626. The summed E-state index contributed by atoms with van der Waals surface area (Å²) in [5.41, 5.74) is 0. The summed E-state index contributed by atoms with van der Waals surface area (Å²) in [7, 11) is -0.134. The molecule has 0 saturated carbocycles. The lowest BCUT2D eigenvalue weighted by molar-refractivity contribution is -0.136. The molecule has 0 spiro atoms. The van der Waals surface area contributed by atoms with Crippen molar-refractivity contribution >= 4 is 26.6 Å². The van der Waals surface area contributed by atoms with Crippen LogP contribution in [0.25, 0.3) is 0 Å². The topological polar surface area (TPSA) is 37.3 Å². The Balaban J connectivity index is 3.18. The maximum Gasteiger partial charge on any atom is 0.304 e. The largest absolute Gasteiger partial charge is 0.481 e. The SMILES string of the molecule is CS(=S)CCC(=O)O. The molecule has 0 amide bonds. The molecule has 1 atom stereocenters. The van der Waals surface area contributed by atoms with E-state index in [1.165, 1.54) is 0 Å². The van der Waals surface area contributed by atoms with E-state index in [1.54, 1.807) is 0 Å². The first-order valence-electron chi connectivity index (χ1n) is 2.14. The zero-order valence-electron chi connectivity index (χ0n) is 4.59. The predicted octanol–water partition coefficient (Wildman–Crippen LogP) is 0.171. The van der Waals surface area contributed by atoms with E-state index in [0.717, 1.165) is 0 Å². The van der Waals surface area contributed by atoms with Crippen molar-refractivity contribution in [2.45, 2.75) is 6.42 Å². The van der Waals surface area contributed by atoms with Gasteiger partial charge in [-0.05, 0) is 6.26 Å². The fraction of sp³-hybridized carbons (Fsp3) is 0.750. The highest BCUT2D eigenvalue weighted by atomic mass is 32.8. The molecule has 0 heterocycles. The third-order valence-electron chi connectivity index (χ3n) is 0.603. The second-order valence-electron chi connectivity index (χ2n) is 1.42. The van der Waals surface area contributed by atoms with E-state index in [1.807, 2.05) is 6.26 Å². The molecule has 0 bridgehead atoms. The highest BCUT2D eigenvalue weighted by molar-refractivity contribution is 8.28. The minimum atomic E-state index is -0.755. The van der Waals surface area contributed by atoms with Crippen molar-refractivity contribution in [1.29, 1.82) is 0 Å². The summed E-state index contributed by atoms with van der Waals surface area (Å²) in [5.74, 6) is -0.126. The van der Waals surface area contributed by atoms with Crippen LogP contribution in [0.1, 0.15) is 6.42 Å². The molecule has 48 valence electrons. The molecule has 0 fully saturated rings. The van der Waals surface area contributed by atoms with Crippen molar-refractivity contribution in [3.8, 4) is 0 Å². The molecule has 8 heavy (non-hydrogen) atoms. The van der Waals surface area contributed by atoms with Crippen molar-refractivity contribution in [2.24, 2.45) is 0 Å². The summed E-state index contributed by atoms with van der Waals surface area (Å²) in [6, 6.07) is 0. The van der Waals surface area contributed by atoms with Gasteiger partial charge in [-0.2, -0.15) is 0 Å². The highest BCUT2D eigenvalue weighted by Crippen LogP contribution is 1.82. The summed E-state index contributed by atoms with van der Waals surface area (Å²) >= 11 is 4.76. The Kier molecular flexibility index (Phi) is 3.99. The molecule has 1 N–H and O–H groups in total. The van der Waals surface area contributed by atoms with E-state index in [0.29, 0.717) is 5.75 Å². The zero-order chi connectivity index (χ0) is 6.57. The Bertz CT molecular complexity index is 96.6. The molecule has 0 aliphatic carbocycles. The lowest BCUT2D eigenvalue weighted by Gasteiger charge is -1.90. The molecular weight excluding hydrogens is 144 g/mol. The maximum absolute atomic E-state index is 9.86. The number of carbonyl (C=O) groups is 1. The van der Waals surface area contributed by atoms with Crippen LogP contribution < -0.4 is 0 Å². The second kappa shape index (κ2) is 3.97. The Labute approximate surface area is 55.5 Å². The van der Waals surface area contributed by atoms with Gasteiger partial charge in [0.15, 0.2) is 0 Å². The molecule has 0 aromatic carbocycles. The molecule has 1 unspecified atom stereocenters. The smallest absolute Gasteiger partial charge is 0.304 e. The summed E-state index contributed by atoms with van der Waals surface area (Å²) in [6.07, 6.45) is 2.07. The maximum atomic E-state index is 9.86. The Morgan fingerprint density at radius 2 is 2.38 bits per heavy atom. The van der Waals surface area contributed by atoms with Gasteiger partial charge in [0.2, 0.25) is 0 Å². The number of hydrogen-bond acceptors (Lipinski definition) is 2. The first kappa shape index (κ1) is 8.04. The predicted molar refractivity (Wildman–Crippen MR) is 37.8 cm³/mol. The standard InChI is InChI=1S/C4H8O2S2/c1-8(7)3-2-4(5)6/h2-3H2,1H3,(H,5,6). The molecule has 0 aliphatic rings. The second-order valence-corrected chi connectivity index (χ2v) is 4.68. The number of carboxylic acid groups (broad SMARTS) is 1. The van der Waals surface area contributed by atoms with Crippen LogP contribution in [0.2, 0.25) is 0 Å². The summed E-state index contributed by atoms with van der Waals surface area (Å²) < 4.78 is 0. The summed E-state index contributed by atoms with van der Waals surface area (Å²) in [4.78, 5) is 9.86. The van der Waals surface area contributed by atoms with Crippen LogP contribution >= 0.6 is 0 Å². The number of rotatable bonds is 3. The Morgan fingerprint density at radius 1 is 1.88 bits per heavy atom. The van der Waals surface area contributed by atoms with Crippen molar-refractivity contribution in [3.05, 3.63) is 0 Å². The normalized spacial score (nSPS) is 13.1. The molecule has 0 aromatic heterocycles. The molecular formula is C4H8O2S2. The summed E-state index contributed by atoms with van der Waals surface area (Å²) in [5, 5.41) is 8.12. The lowest BCUT2D eigenvalue weighted by Crippen LogP contribution is -2.01.